The average Bonchev–Trinajstić information content (AvgIpc) is 2.84. The van der Waals surface area contributed by atoms with Crippen LogP contribution in [0.4, 0.5) is 10.1 Å². The Morgan fingerprint density at radius 2 is 2.08 bits per heavy atom. The van der Waals surface area contributed by atoms with Gasteiger partial charge in [0.05, 0.1) is 30.7 Å². The summed E-state index contributed by atoms with van der Waals surface area (Å²) in [5, 5.41) is 9.40. The van der Waals surface area contributed by atoms with Crippen molar-refractivity contribution in [3.63, 3.8) is 0 Å². The molecular weight excluding hydrogens is 339 g/mol. The number of halogens is 1. The van der Waals surface area contributed by atoms with E-state index in [1.54, 1.807) is 24.7 Å². The molecule has 0 fully saturated rings. The standard InChI is InChI=1S/C18H21FN4O3/c1-11-18(12(2)23(3)22-11)21-17(25)10-20-16(24)8-6-13-5-7-15(26-4)14(19)9-13/h5-9H,10H2,1-4H3,(H,20,24)(H,21,25)/b8-6+. The van der Waals surface area contributed by atoms with Crippen LogP contribution in [0.3, 0.4) is 0 Å². The summed E-state index contributed by atoms with van der Waals surface area (Å²) >= 11 is 0. The Bertz CT molecular complexity index is 858. The fraction of sp³-hybridized carbons (Fsp3) is 0.278. The summed E-state index contributed by atoms with van der Waals surface area (Å²) in [7, 11) is 3.16. The minimum atomic E-state index is -0.517. The number of carbonyl (C=O) groups excluding carboxylic acids is 2. The fourth-order valence-corrected chi connectivity index (χ4v) is 2.32. The number of benzene rings is 1. The molecule has 1 heterocycles. The SMILES string of the molecule is COc1ccc(/C=C/C(=O)NCC(=O)Nc2c(C)nn(C)c2C)cc1F. The van der Waals surface area contributed by atoms with Gasteiger partial charge in [0.1, 0.15) is 0 Å². The van der Waals surface area contributed by atoms with Gasteiger partial charge in [-0.2, -0.15) is 5.10 Å². The van der Waals surface area contributed by atoms with Gasteiger partial charge in [-0.3, -0.25) is 14.3 Å². The monoisotopic (exact) mass is 360 g/mol. The van der Waals surface area contributed by atoms with Crippen LogP contribution in [-0.2, 0) is 16.6 Å². The molecule has 0 aliphatic heterocycles. The summed E-state index contributed by atoms with van der Waals surface area (Å²) in [6, 6.07) is 4.34. The van der Waals surface area contributed by atoms with E-state index < -0.39 is 11.7 Å². The first-order chi connectivity index (χ1) is 12.3. The van der Waals surface area contributed by atoms with Gasteiger partial charge in [0.25, 0.3) is 0 Å². The Hall–Kier alpha value is -3.16. The summed E-state index contributed by atoms with van der Waals surface area (Å²) in [5.41, 5.74) is 2.66. The lowest BCUT2D eigenvalue weighted by Gasteiger charge is -2.06. The Morgan fingerprint density at radius 1 is 1.35 bits per heavy atom. The number of carbonyl (C=O) groups is 2. The molecule has 2 amide bonds. The second-order valence-electron chi connectivity index (χ2n) is 5.66. The Kier molecular flexibility index (Phi) is 6.11. The van der Waals surface area contributed by atoms with Crippen molar-refractivity contribution in [2.45, 2.75) is 13.8 Å². The highest BCUT2D eigenvalue weighted by molar-refractivity contribution is 5.98. The number of hydrogen-bond acceptors (Lipinski definition) is 4. The summed E-state index contributed by atoms with van der Waals surface area (Å²) in [6.07, 6.45) is 2.68. The molecule has 26 heavy (non-hydrogen) atoms. The molecule has 2 aromatic rings. The summed E-state index contributed by atoms with van der Waals surface area (Å²) < 4.78 is 20.1. The van der Waals surface area contributed by atoms with Crippen molar-refractivity contribution in [1.82, 2.24) is 15.1 Å². The van der Waals surface area contributed by atoms with E-state index in [-0.39, 0.29) is 18.2 Å². The van der Waals surface area contributed by atoms with Gasteiger partial charge in [-0.05, 0) is 37.6 Å². The molecule has 0 aliphatic rings. The second-order valence-corrected chi connectivity index (χ2v) is 5.66. The molecule has 0 saturated heterocycles. The third-order valence-corrected chi connectivity index (χ3v) is 3.80. The number of anilines is 1. The summed E-state index contributed by atoms with van der Waals surface area (Å²) in [5.74, 6) is -1.21. The van der Waals surface area contributed by atoms with E-state index in [2.05, 4.69) is 15.7 Å². The number of amides is 2. The van der Waals surface area contributed by atoms with E-state index in [1.807, 2.05) is 6.92 Å². The van der Waals surface area contributed by atoms with Crippen molar-refractivity contribution in [2.75, 3.05) is 19.0 Å². The molecule has 0 spiro atoms. The van der Waals surface area contributed by atoms with Gasteiger partial charge in [0, 0.05) is 13.1 Å². The van der Waals surface area contributed by atoms with Crippen LogP contribution < -0.4 is 15.4 Å². The zero-order chi connectivity index (χ0) is 19.3. The lowest BCUT2D eigenvalue weighted by Crippen LogP contribution is -2.31. The number of nitrogens with one attached hydrogen (secondary N) is 2. The molecule has 0 radical (unpaired) electrons. The van der Waals surface area contributed by atoms with Crippen LogP contribution in [0, 0.1) is 19.7 Å². The number of aromatic nitrogens is 2. The second kappa shape index (κ2) is 8.28. The van der Waals surface area contributed by atoms with Crippen LogP contribution in [0.25, 0.3) is 6.08 Å². The normalized spacial score (nSPS) is 10.8. The van der Waals surface area contributed by atoms with Crippen molar-refractivity contribution in [1.29, 1.82) is 0 Å². The first-order valence-corrected chi connectivity index (χ1v) is 7.91. The van der Waals surface area contributed by atoms with E-state index in [0.717, 1.165) is 5.69 Å². The van der Waals surface area contributed by atoms with Crippen LogP contribution in [0.5, 0.6) is 5.75 Å². The van der Waals surface area contributed by atoms with Crippen molar-refractivity contribution >= 4 is 23.6 Å². The molecule has 1 aromatic carbocycles. The summed E-state index contributed by atoms with van der Waals surface area (Å²) in [6.45, 7) is 3.44. The maximum Gasteiger partial charge on any atom is 0.244 e. The number of rotatable bonds is 6. The third kappa shape index (κ3) is 4.69. The quantitative estimate of drug-likeness (QED) is 0.771. The van der Waals surface area contributed by atoms with E-state index in [4.69, 9.17) is 4.74 Å². The van der Waals surface area contributed by atoms with Gasteiger partial charge in [-0.25, -0.2) is 4.39 Å². The van der Waals surface area contributed by atoms with Crippen molar-refractivity contribution < 1.29 is 18.7 Å². The van der Waals surface area contributed by atoms with Gasteiger partial charge in [-0.15, -0.1) is 0 Å². The van der Waals surface area contributed by atoms with Crippen LogP contribution in [-0.4, -0.2) is 35.2 Å². The van der Waals surface area contributed by atoms with Gasteiger partial charge in [0.2, 0.25) is 11.8 Å². The Morgan fingerprint density at radius 3 is 2.65 bits per heavy atom. The topological polar surface area (TPSA) is 85.2 Å². The molecule has 0 unspecified atom stereocenters. The number of ether oxygens (including phenoxy) is 1. The molecule has 2 N–H and O–H groups in total. The molecule has 138 valence electrons. The molecule has 0 bridgehead atoms. The van der Waals surface area contributed by atoms with E-state index >= 15 is 0 Å². The van der Waals surface area contributed by atoms with Gasteiger partial charge in [-0.1, -0.05) is 6.07 Å². The van der Waals surface area contributed by atoms with E-state index in [1.165, 1.54) is 31.4 Å². The largest absolute Gasteiger partial charge is 0.494 e. The first kappa shape index (κ1) is 19.2. The predicted octanol–water partition coefficient (Wildman–Crippen LogP) is 1.95. The van der Waals surface area contributed by atoms with Crippen LogP contribution in [0.1, 0.15) is 17.0 Å². The third-order valence-electron chi connectivity index (χ3n) is 3.80. The fourth-order valence-electron chi connectivity index (χ4n) is 2.32. The number of methoxy groups -OCH3 is 1. The Labute approximate surface area is 150 Å². The molecule has 0 saturated carbocycles. The smallest absolute Gasteiger partial charge is 0.244 e. The molecule has 7 nitrogen and oxygen atoms in total. The Balaban J connectivity index is 1.88. The highest BCUT2D eigenvalue weighted by Gasteiger charge is 2.12. The minimum absolute atomic E-state index is 0.129. The molecular formula is C18H21FN4O3. The number of hydrogen-bond donors (Lipinski definition) is 2. The molecule has 8 heteroatoms. The average molecular weight is 360 g/mol. The number of aryl methyl sites for hydroxylation is 2. The van der Waals surface area contributed by atoms with Crippen LogP contribution >= 0.6 is 0 Å². The van der Waals surface area contributed by atoms with Crippen molar-refractivity contribution in [3.05, 3.63) is 47.0 Å². The maximum atomic E-state index is 13.6. The lowest BCUT2D eigenvalue weighted by molar-refractivity contribution is -0.121. The van der Waals surface area contributed by atoms with Crippen LogP contribution in [0.15, 0.2) is 24.3 Å². The lowest BCUT2D eigenvalue weighted by atomic mass is 10.2. The zero-order valence-electron chi connectivity index (χ0n) is 15.1. The molecule has 2 rings (SSSR count). The molecule has 1 aromatic heterocycles. The van der Waals surface area contributed by atoms with Crippen molar-refractivity contribution in [3.8, 4) is 5.75 Å². The zero-order valence-corrected chi connectivity index (χ0v) is 15.1. The van der Waals surface area contributed by atoms with Crippen LogP contribution in [0.2, 0.25) is 0 Å². The van der Waals surface area contributed by atoms with Gasteiger partial charge in [0.15, 0.2) is 11.6 Å². The number of nitrogens with zero attached hydrogens (tertiary/aromatic N) is 2. The van der Waals surface area contributed by atoms with E-state index in [9.17, 15) is 14.0 Å². The molecule has 0 atom stereocenters. The minimum Gasteiger partial charge on any atom is -0.494 e. The van der Waals surface area contributed by atoms with E-state index in [0.29, 0.717) is 16.9 Å². The first-order valence-electron chi connectivity index (χ1n) is 7.91. The van der Waals surface area contributed by atoms with Crippen molar-refractivity contribution in [2.24, 2.45) is 7.05 Å². The molecule has 0 aliphatic carbocycles. The maximum absolute atomic E-state index is 13.6. The van der Waals surface area contributed by atoms with Gasteiger partial charge >= 0.3 is 0 Å². The van der Waals surface area contributed by atoms with Gasteiger partial charge < -0.3 is 15.4 Å². The highest BCUT2D eigenvalue weighted by atomic mass is 19.1. The summed E-state index contributed by atoms with van der Waals surface area (Å²) in [4.78, 5) is 23.8. The predicted molar refractivity (Wildman–Crippen MR) is 96.3 cm³/mol. The highest BCUT2D eigenvalue weighted by Crippen LogP contribution is 2.19.